The average molecular weight is 345 g/mol. The van der Waals surface area contributed by atoms with Gasteiger partial charge in [0.2, 0.25) is 0 Å². The predicted molar refractivity (Wildman–Crippen MR) is 98.5 cm³/mol. The van der Waals surface area contributed by atoms with Crippen molar-refractivity contribution in [1.82, 2.24) is 0 Å². The summed E-state index contributed by atoms with van der Waals surface area (Å²) in [7, 11) is 1.59. The summed E-state index contributed by atoms with van der Waals surface area (Å²) in [4.78, 5) is 14.9. The molecule has 1 N–H and O–H groups in total. The Kier molecular flexibility index (Phi) is 5.26. The van der Waals surface area contributed by atoms with Gasteiger partial charge in [-0.25, -0.2) is 0 Å². The molecule has 1 fully saturated rings. The number of hydrogen-bond acceptors (Lipinski definition) is 3. The fourth-order valence-electron chi connectivity index (χ4n) is 2.98. The number of carbonyl (C=O) groups excluding carboxylic acids is 1. The van der Waals surface area contributed by atoms with Gasteiger partial charge in [-0.3, -0.25) is 4.79 Å². The second-order valence-electron chi connectivity index (χ2n) is 5.90. The highest BCUT2D eigenvalue weighted by Crippen LogP contribution is 2.31. The van der Waals surface area contributed by atoms with Crippen LogP contribution in [-0.4, -0.2) is 26.1 Å². The predicted octanol–water partition coefficient (Wildman–Crippen LogP) is 4.59. The molecule has 0 bridgehead atoms. The number of nitrogens with zero attached hydrogens (tertiary/aromatic N) is 1. The molecule has 0 aliphatic carbocycles. The number of nitrogens with one attached hydrogen (secondary N) is 1. The third-order valence-corrected chi connectivity index (χ3v) is 4.47. The molecule has 0 saturated carbocycles. The normalized spacial score (nSPS) is 14.3. The fraction of sp³-hybridized carbons (Fsp3) is 0.316. The van der Waals surface area contributed by atoms with E-state index in [4.69, 9.17) is 16.3 Å². The quantitative estimate of drug-likeness (QED) is 0.881. The van der Waals surface area contributed by atoms with E-state index in [0.29, 0.717) is 16.3 Å². The number of methoxy groups -OCH3 is 1. The molecular formula is C19H21ClN2O2. The Morgan fingerprint density at radius 2 is 1.92 bits per heavy atom. The number of anilines is 2. The van der Waals surface area contributed by atoms with Crippen LogP contribution in [-0.2, 0) is 0 Å². The summed E-state index contributed by atoms with van der Waals surface area (Å²) >= 11 is 6.14. The van der Waals surface area contributed by atoms with Crippen molar-refractivity contribution in [3.8, 4) is 5.75 Å². The number of hydrogen-bond donors (Lipinski definition) is 1. The third-order valence-electron chi connectivity index (χ3n) is 4.24. The molecule has 1 heterocycles. The summed E-state index contributed by atoms with van der Waals surface area (Å²) in [6, 6.07) is 12.8. The van der Waals surface area contributed by atoms with Crippen LogP contribution < -0.4 is 15.0 Å². The number of carbonyl (C=O) groups is 1. The minimum Gasteiger partial charge on any atom is -0.497 e. The molecule has 1 amide bonds. The first-order chi connectivity index (χ1) is 11.7. The molecular weight excluding hydrogens is 324 g/mol. The maximum atomic E-state index is 12.6. The molecule has 24 heavy (non-hydrogen) atoms. The number of amides is 1. The fourth-order valence-corrected chi connectivity index (χ4v) is 3.15. The molecule has 1 aliphatic rings. The number of piperidine rings is 1. The Morgan fingerprint density at radius 3 is 2.67 bits per heavy atom. The van der Waals surface area contributed by atoms with Gasteiger partial charge >= 0.3 is 0 Å². The highest BCUT2D eigenvalue weighted by molar-refractivity contribution is 6.31. The van der Waals surface area contributed by atoms with Gasteiger partial charge in [-0.15, -0.1) is 0 Å². The van der Waals surface area contributed by atoms with E-state index >= 15 is 0 Å². The van der Waals surface area contributed by atoms with Gasteiger partial charge in [0.05, 0.1) is 18.5 Å². The molecule has 3 rings (SSSR count). The zero-order valence-corrected chi connectivity index (χ0v) is 14.5. The lowest BCUT2D eigenvalue weighted by Gasteiger charge is -2.30. The van der Waals surface area contributed by atoms with Crippen molar-refractivity contribution >= 4 is 28.9 Å². The molecule has 2 aromatic carbocycles. The van der Waals surface area contributed by atoms with E-state index in [9.17, 15) is 4.79 Å². The molecule has 5 heteroatoms. The van der Waals surface area contributed by atoms with Crippen LogP contribution in [0.2, 0.25) is 5.02 Å². The lowest BCUT2D eigenvalue weighted by molar-refractivity contribution is 0.102. The average Bonchev–Trinajstić information content (AvgIpc) is 2.62. The van der Waals surface area contributed by atoms with Gasteiger partial charge in [0.15, 0.2) is 0 Å². The minimum atomic E-state index is -0.172. The standard InChI is InChI=1S/C19H21ClN2O2/c1-24-16-7-5-6-14(12-16)19(23)21-17-13-15(20)8-9-18(17)22-10-3-2-4-11-22/h5-9,12-13H,2-4,10-11H2,1H3,(H,21,23). The second-order valence-corrected chi connectivity index (χ2v) is 6.33. The molecule has 0 unspecified atom stereocenters. The Labute approximate surface area is 147 Å². The molecule has 2 aromatic rings. The van der Waals surface area contributed by atoms with Crippen LogP contribution >= 0.6 is 11.6 Å². The Balaban J connectivity index is 1.85. The van der Waals surface area contributed by atoms with Crippen molar-refractivity contribution < 1.29 is 9.53 Å². The first-order valence-corrected chi connectivity index (χ1v) is 8.55. The smallest absolute Gasteiger partial charge is 0.255 e. The van der Waals surface area contributed by atoms with Crippen molar-refractivity contribution in [2.75, 3.05) is 30.4 Å². The summed E-state index contributed by atoms with van der Waals surface area (Å²) < 4.78 is 5.18. The molecule has 126 valence electrons. The molecule has 1 aliphatic heterocycles. The highest BCUT2D eigenvalue weighted by atomic mass is 35.5. The van der Waals surface area contributed by atoms with Crippen LogP contribution in [0, 0.1) is 0 Å². The largest absolute Gasteiger partial charge is 0.497 e. The molecule has 1 saturated heterocycles. The van der Waals surface area contributed by atoms with Crippen LogP contribution in [0.4, 0.5) is 11.4 Å². The van der Waals surface area contributed by atoms with E-state index in [0.717, 1.165) is 24.5 Å². The Bertz CT molecular complexity index is 727. The van der Waals surface area contributed by atoms with Crippen molar-refractivity contribution in [3.63, 3.8) is 0 Å². The summed E-state index contributed by atoms with van der Waals surface area (Å²) in [6.07, 6.45) is 3.60. The number of halogens is 1. The molecule has 0 aromatic heterocycles. The Hall–Kier alpha value is -2.20. The number of rotatable bonds is 4. The van der Waals surface area contributed by atoms with Gasteiger partial charge in [-0.05, 0) is 55.7 Å². The van der Waals surface area contributed by atoms with E-state index in [1.54, 1.807) is 25.3 Å². The summed E-state index contributed by atoms with van der Waals surface area (Å²) in [6.45, 7) is 2.01. The van der Waals surface area contributed by atoms with E-state index in [-0.39, 0.29) is 5.91 Å². The van der Waals surface area contributed by atoms with Gasteiger partial charge in [-0.2, -0.15) is 0 Å². The van der Waals surface area contributed by atoms with Crippen molar-refractivity contribution in [2.45, 2.75) is 19.3 Å². The van der Waals surface area contributed by atoms with Gasteiger partial charge in [0.25, 0.3) is 5.91 Å². The minimum absolute atomic E-state index is 0.172. The van der Waals surface area contributed by atoms with Gasteiger partial charge in [-0.1, -0.05) is 17.7 Å². The topological polar surface area (TPSA) is 41.6 Å². The third kappa shape index (κ3) is 3.82. The second kappa shape index (κ2) is 7.58. The van der Waals surface area contributed by atoms with Crippen molar-refractivity contribution in [2.24, 2.45) is 0 Å². The maximum absolute atomic E-state index is 12.6. The van der Waals surface area contributed by atoms with Gasteiger partial charge in [0, 0.05) is 23.7 Å². The van der Waals surface area contributed by atoms with Crippen LogP contribution in [0.25, 0.3) is 0 Å². The lowest BCUT2D eigenvalue weighted by Crippen LogP contribution is -2.30. The molecule has 0 atom stereocenters. The van der Waals surface area contributed by atoms with E-state index < -0.39 is 0 Å². The van der Waals surface area contributed by atoms with Crippen LogP contribution in [0.5, 0.6) is 5.75 Å². The number of ether oxygens (including phenoxy) is 1. The van der Waals surface area contributed by atoms with Gasteiger partial charge < -0.3 is 15.0 Å². The molecule has 0 radical (unpaired) electrons. The van der Waals surface area contributed by atoms with Crippen molar-refractivity contribution in [1.29, 1.82) is 0 Å². The maximum Gasteiger partial charge on any atom is 0.255 e. The van der Waals surface area contributed by atoms with Crippen molar-refractivity contribution in [3.05, 3.63) is 53.1 Å². The zero-order chi connectivity index (χ0) is 16.9. The summed E-state index contributed by atoms with van der Waals surface area (Å²) in [5.41, 5.74) is 2.33. The van der Waals surface area contributed by atoms with Crippen LogP contribution in [0.15, 0.2) is 42.5 Å². The zero-order valence-electron chi connectivity index (χ0n) is 13.7. The van der Waals surface area contributed by atoms with Crippen LogP contribution in [0.3, 0.4) is 0 Å². The van der Waals surface area contributed by atoms with E-state index in [1.165, 1.54) is 19.3 Å². The number of benzene rings is 2. The van der Waals surface area contributed by atoms with Gasteiger partial charge in [0.1, 0.15) is 5.75 Å². The Morgan fingerprint density at radius 1 is 1.12 bits per heavy atom. The van der Waals surface area contributed by atoms with E-state index in [2.05, 4.69) is 10.2 Å². The highest BCUT2D eigenvalue weighted by Gasteiger charge is 2.17. The lowest BCUT2D eigenvalue weighted by atomic mass is 10.1. The first-order valence-electron chi connectivity index (χ1n) is 8.17. The van der Waals surface area contributed by atoms with Crippen LogP contribution in [0.1, 0.15) is 29.6 Å². The first kappa shape index (κ1) is 16.7. The SMILES string of the molecule is COc1cccc(C(=O)Nc2cc(Cl)ccc2N2CCCCC2)c1. The van der Waals surface area contributed by atoms with E-state index in [1.807, 2.05) is 24.3 Å². The molecule has 4 nitrogen and oxygen atoms in total. The summed E-state index contributed by atoms with van der Waals surface area (Å²) in [5.74, 6) is 0.486. The summed E-state index contributed by atoms with van der Waals surface area (Å²) in [5, 5.41) is 3.60. The molecule has 0 spiro atoms. The monoisotopic (exact) mass is 344 g/mol.